The van der Waals surface area contributed by atoms with Gasteiger partial charge in [0.05, 0.1) is 5.69 Å². The first-order valence-corrected chi connectivity index (χ1v) is 7.11. The molecule has 1 aromatic carbocycles. The van der Waals surface area contributed by atoms with Crippen LogP contribution < -0.4 is 0 Å². The van der Waals surface area contributed by atoms with Crippen LogP contribution in [-0.4, -0.2) is 16.3 Å². The monoisotopic (exact) mass is 277 g/mol. The zero-order valence-electron chi connectivity index (χ0n) is 10.7. The summed E-state index contributed by atoms with van der Waals surface area (Å²) in [5.74, 6) is 0.771. The van der Waals surface area contributed by atoms with Gasteiger partial charge >= 0.3 is 0 Å². The quantitative estimate of drug-likeness (QED) is 0.845. The van der Waals surface area contributed by atoms with Crippen LogP contribution in [0, 0.1) is 0 Å². The van der Waals surface area contributed by atoms with Gasteiger partial charge in [-0.05, 0) is 24.6 Å². The Kier molecular flexibility index (Phi) is 4.93. The number of aliphatic hydroxyl groups is 1. The van der Waals surface area contributed by atoms with Crippen LogP contribution in [0.5, 0.6) is 0 Å². The van der Waals surface area contributed by atoms with Crippen LogP contribution in [0.2, 0.25) is 0 Å². The fourth-order valence-corrected chi connectivity index (χ4v) is 2.71. The number of aromatic nitrogens is 1. The fraction of sp³-hybridized carbons (Fsp3) is 0.267. The molecule has 1 aromatic heterocycles. The minimum absolute atomic E-state index is 0.415. The van der Waals surface area contributed by atoms with E-state index in [0.29, 0.717) is 5.69 Å². The van der Waals surface area contributed by atoms with Crippen molar-refractivity contribution in [3.8, 4) is 0 Å². The van der Waals surface area contributed by atoms with Crippen LogP contribution in [0.15, 0.2) is 53.6 Å². The van der Waals surface area contributed by atoms with E-state index in [-0.39, 0.29) is 0 Å². The van der Waals surface area contributed by atoms with Gasteiger partial charge in [0, 0.05) is 16.8 Å². The summed E-state index contributed by atoms with van der Waals surface area (Å²) >= 11 is 1.56. The zero-order valence-corrected chi connectivity index (χ0v) is 11.5. The van der Waals surface area contributed by atoms with Gasteiger partial charge in [-0.25, -0.2) is 4.39 Å². The molecule has 0 saturated heterocycles. The highest BCUT2D eigenvalue weighted by molar-refractivity contribution is 7.98. The lowest BCUT2D eigenvalue weighted by Crippen LogP contribution is -2.12. The molecule has 2 aromatic rings. The van der Waals surface area contributed by atoms with Crippen molar-refractivity contribution in [2.75, 3.05) is 0 Å². The molecule has 0 bridgehead atoms. The Balaban J connectivity index is 2.12. The lowest BCUT2D eigenvalue weighted by molar-refractivity contribution is 0.0823. The predicted octanol–water partition coefficient (Wildman–Crippen LogP) is 3.77. The number of aliphatic hydroxyl groups excluding tert-OH is 1. The van der Waals surface area contributed by atoms with Crippen molar-refractivity contribution < 1.29 is 9.50 Å². The number of alkyl halides is 1. The number of pyridine rings is 1. The topological polar surface area (TPSA) is 33.1 Å². The highest BCUT2D eigenvalue weighted by Gasteiger charge is 2.20. The van der Waals surface area contributed by atoms with Gasteiger partial charge in [-0.2, -0.15) is 0 Å². The molecule has 2 nitrogen and oxygen atoms in total. The van der Waals surface area contributed by atoms with E-state index in [0.717, 1.165) is 10.6 Å². The Morgan fingerprint density at radius 3 is 2.63 bits per heavy atom. The van der Waals surface area contributed by atoms with E-state index in [9.17, 15) is 9.50 Å². The smallest absolute Gasteiger partial charge is 0.129 e. The normalized spacial score (nSPS) is 14.1. The number of hydrogen-bond donors (Lipinski definition) is 1. The van der Waals surface area contributed by atoms with Crippen molar-refractivity contribution in [2.45, 2.75) is 29.8 Å². The number of halogens is 1. The van der Waals surface area contributed by atoms with E-state index in [1.807, 2.05) is 36.4 Å². The average molecular weight is 277 g/mol. The van der Waals surface area contributed by atoms with Crippen LogP contribution >= 0.6 is 11.8 Å². The third kappa shape index (κ3) is 3.78. The van der Waals surface area contributed by atoms with Crippen LogP contribution in [0.4, 0.5) is 4.39 Å². The number of rotatable bonds is 5. The van der Waals surface area contributed by atoms with Crippen molar-refractivity contribution >= 4 is 11.8 Å². The van der Waals surface area contributed by atoms with Crippen molar-refractivity contribution in [3.63, 3.8) is 0 Å². The summed E-state index contributed by atoms with van der Waals surface area (Å²) in [6.07, 6.45) is -0.918. The highest BCUT2D eigenvalue weighted by Crippen LogP contribution is 2.30. The molecule has 0 aliphatic carbocycles. The van der Waals surface area contributed by atoms with Crippen LogP contribution in [0.25, 0.3) is 0 Å². The third-order valence-corrected chi connectivity index (χ3v) is 3.89. The molecule has 0 radical (unpaired) electrons. The first kappa shape index (κ1) is 14.0. The Morgan fingerprint density at radius 2 is 1.95 bits per heavy atom. The molecule has 0 aliphatic heterocycles. The zero-order chi connectivity index (χ0) is 13.7. The molecule has 4 heteroatoms. The van der Waals surface area contributed by atoms with Gasteiger partial charge in [0.15, 0.2) is 0 Å². The van der Waals surface area contributed by atoms with Crippen LogP contribution in [-0.2, 0) is 5.75 Å². The molecule has 1 heterocycles. The largest absolute Gasteiger partial charge is 0.384 e. The van der Waals surface area contributed by atoms with Gasteiger partial charge in [-0.3, -0.25) is 4.98 Å². The molecule has 2 unspecified atom stereocenters. The second-order valence-electron chi connectivity index (χ2n) is 4.28. The second-order valence-corrected chi connectivity index (χ2v) is 5.30. The van der Waals surface area contributed by atoms with Gasteiger partial charge in [0.25, 0.3) is 0 Å². The molecule has 100 valence electrons. The van der Waals surface area contributed by atoms with Crippen molar-refractivity contribution in [2.24, 2.45) is 0 Å². The molecule has 19 heavy (non-hydrogen) atoms. The van der Waals surface area contributed by atoms with Gasteiger partial charge < -0.3 is 5.11 Å². The molecular formula is C15H16FNOS. The summed E-state index contributed by atoms with van der Waals surface area (Å²) in [5.41, 5.74) is 1.60. The summed E-state index contributed by atoms with van der Waals surface area (Å²) in [5, 5.41) is 9.82. The first-order chi connectivity index (χ1) is 9.18. The van der Waals surface area contributed by atoms with E-state index >= 15 is 0 Å². The molecule has 1 N–H and O–H groups in total. The van der Waals surface area contributed by atoms with Gasteiger partial charge in [0.1, 0.15) is 12.3 Å². The molecule has 0 spiro atoms. The fourth-order valence-electron chi connectivity index (χ4n) is 1.70. The lowest BCUT2D eigenvalue weighted by atomic mass is 10.1. The van der Waals surface area contributed by atoms with Gasteiger partial charge in [0.2, 0.25) is 0 Å². The van der Waals surface area contributed by atoms with Crippen molar-refractivity contribution in [3.05, 3.63) is 59.9 Å². The molecule has 0 fully saturated rings. The van der Waals surface area contributed by atoms with E-state index in [4.69, 9.17) is 0 Å². The Hall–Kier alpha value is -1.39. The molecule has 2 atom stereocenters. The summed E-state index contributed by atoms with van der Waals surface area (Å²) in [6.45, 7) is 1.34. The number of nitrogens with zero attached hydrogens (tertiary/aromatic N) is 1. The second kappa shape index (κ2) is 6.68. The molecular weight excluding hydrogens is 261 g/mol. The van der Waals surface area contributed by atoms with E-state index in [2.05, 4.69) is 4.98 Å². The minimum atomic E-state index is -1.33. The Labute approximate surface area is 116 Å². The standard InChI is InChI=1S/C15H16FNOS/c1-11(16)15(18)14-13(8-5-9-17-14)19-10-12-6-3-2-4-7-12/h2-9,11,15,18H,10H2,1H3. The summed E-state index contributed by atoms with van der Waals surface area (Å²) in [4.78, 5) is 4.92. The van der Waals surface area contributed by atoms with Gasteiger partial charge in [-0.1, -0.05) is 30.3 Å². The molecule has 0 aliphatic rings. The van der Waals surface area contributed by atoms with Crippen LogP contribution in [0.3, 0.4) is 0 Å². The number of thioether (sulfide) groups is 1. The maximum atomic E-state index is 13.2. The molecule has 0 saturated carbocycles. The molecule has 2 rings (SSSR count). The van der Waals surface area contributed by atoms with Crippen molar-refractivity contribution in [1.29, 1.82) is 0 Å². The maximum absolute atomic E-state index is 13.2. The van der Waals surface area contributed by atoms with Crippen LogP contribution in [0.1, 0.15) is 24.3 Å². The SMILES string of the molecule is CC(F)C(O)c1ncccc1SCc1ccccc1. The number of benzene rings is 1. The average Bonchev–Trinajstić information content (AvgIpc) is 2.45. The number of hydrogen-bond acceptors (Lipinski definition) is 3. The van der Waals surface area contributed by atoms with E-state index in [1.165, 1.54) is 12.5 Å². The third-order valence-electron chi connectivity index (χ3n) is 2.75. The lowest BCUT2D eigenvalue weighted by Gasteiger charge is -2.14. The maximum Gasteiger partial charge on any atom is 0.129 e. The van der Waals surface area contributed by atoms with E-state index in [1.54, 1.807) is 24.0 Å². The summed E-state index contributed by atoms with van der Waals surface area (Å²) < 4.78 is 13.2. The van der Waals surface area contributed by atoms with Crippen molar-refractivity contribution in [1.82, 2.24) is 4.98 Å². The molecule has 0 amide bonds. The Bertz CT molecular complexity index is 519. The predicted molar refractivity (Wildman–Crippen MR) is 75.8 cm³/mol. The first-order valence-electron chi connectivity index (χ1n) is 6.12. The summed E-state index contributed by atoms with van der Waals surface area (Å²) in [6, 6.07) is 13.7. The van der Waals surface area contributed by atoms with E-state index < -0.39 is 12.3 Å². The Morgan fingerprint density at radius 1 is 1.21 bits per heavy atom. The summed E-state index contributed by atoms with van der Waals surface area (Å²) in [7, 11) is 0. The highest BCUT2D eigenvalue weighted by atomic mass is 32.2. The minimum Gasteiger partial charge on any atom is -0.384 e. The van der Waals surface area contributed by atoms with Gasteiger partial charge in [-0.15, -0.1) is 11.8 Å².